The largest absolute Gasteiger partial charge is 0.495 e. The van der Waals surface area contributed by atoms with E-state index in [1.807, 2.05) is 0 Å². The molecule has 0 radical (unpaired) electrons. The molecule has 20 heavy (non-hydrogen) atoms. The number of aliphatic hydroxyl groups is 1. The number of nitrogens with one attached hydrogen (secondary N) is 1. The van der Waals surface area contributed by atoms with Gasteiger partial charge in [0.05, 0.1) is 13.7 Å². The molecular weight excluding hydrogens is 282 g/mol. The van der Waals surface area contributed by atoms with E-state index in [0.717, 1.165) is 0 Å². The van der Waals surface area contributed by atoms with Crippen molar-refractivity contribution in [2.24, 2.45) is 0 Å². The Morgan fingerprint density at radius 2 is 2.10 bits per heavy atom. The zero-order valence-corrected chi connectivity index (χ0v) is 12.1. The van der Waals surface area contributed by atoms with Crippen molar-refractivity contribution in [3.63, 3.8) is 0 Å². The van der Waals surface area contributed by atoms with Crippen molar-refractivity contribution >= 4 is 10.0 Å². The maximum Gasteiger partial charge on any atom is 0.244 e. The summed E-state index contributed by atoms with van der Waals surface area (Å²) < 4.78 is 37.8. The van der Waals surface area contributed by atoms with Crippen molar-refractivity contribution in [1.82, 2.24) is 4.72 Å². The number of benzene rings is 1. The highest BCUT2D eigenvalue weighted by Gasteiger charge is 2.25. The highest BCUT2D eigenvalue weighted by Crippen LogP contribution is 2.25. The fourth-order valence-electron chi connectivity index (χ4n) is 2.13. The van der Waals surface area contributed by atoms with Crippen LogP contribution in [0.15, 0.2) is 23.1 Å². The van der Waals surface area contributed by atoms with Gasteiger partial charge in [0.25, 0.3) is 0 Å². The second-order valence-electron chi connectivity index (χ2n) is 4.65. The van der Waals surface area contributed by atoms with Gasteiger partial charge in [-0.15, -0.1) is 0 Å². The lowest BCUT2D eigenvalue weighted by Gasteiger charge is -2.23. The smallest absolute Gasteiger partial charge is 0.244 e. The maximum absolute atomic E-state index is 12.4. The number of hydrogen-bond donors (Lipinski definition) is 2. The van der Waals surface area contributed by atoms with Gasteiger partial charge < -0.3 is 14.6 Å². The molecule has 1 aliphatic rings. The molecule has 0 aliphatic carbocycles. The molecule has 1 aromatic carbocycles. The van der Waals surface area contributed by atoms with Gasteiger partial charge in [0.15, 0.2) is 0 Å². The molecule has 7 heteroatoms. The maximum atomic E-state index is 12.4. The fraction of sp³-hybridized carbons (Fsp3) is 0.538. The topological polar surface area (TPSA) is 84.9 Å². The molecular formula is C13H19NO5S. The van der Waals surface area contributed by atoms with Crippen LogP contribution < -0.4 is 9.46 Å². The minimum absolute atomic E-state index is 0.0868. The van der Waals surface area contributed by atoms with Crippen LogP contribution in [0.4, 0.5) is 0 Å². The van der Waals surface area contributed by atoms with Gasteiger partial charge in [-0.05, 0) is 30.5 Å². The first-order valence-corrected chi connectivity index (χ1v) is 7.93. The van der Waals surface area contributed by atoms with Crippen LogP contribution in [-0.2, 0) is 21.4 Å². The quantitative estimate of drug-likeness (QED) is 0.834. The van der Waals surface area contributed by atoms with Gasteiger partial charge in [-0.1, -0.05) is 6.07 Å². The molecule has 0 amide bonds. The van der Waals surface area contributed by atoms with E-state index in [2.05, 4.69) is 4.72 Å². The van der Waals surface area contributed by atoms with Crippen LogP contribution in [0, 0.1) is 0 Å². The van der Waals surface area contributed by atoms with Crippen molar-refractivity contribution in [1.29, 1.82) is 0 Å². The van der Waals surface area contributed by atoms with Gasteiger partial charge in [0.1, 0.15) is 10.6 Å². The van der Waals surface area contributed by atoms with Crippen molar-refractivity contribution in [2.75, 3.05) is 20.3 Å². The Labute approximate surface area is 118 Å². The van der Waals surface area contributed by atoms with E-state index in [0.29, 0.717) is 31.6 Å². The monoisotopic (exact) mass is 301 g/mol. The van der Waals surface area contributed by atoms with Crippen LogP contribution in [0.2, 0.25) is 0 Å². The van der Waals surface area contributed by atoms with Crippen LogP contribution in [0.3, 0.4) is 0 Å². The first-order chi connectivity index (χ1) is 9.56. The summed E-state index contributed by atoms with van der Waals surface area (Å²) in [7, 11) is -2.23. The zero-order chi connectivity index (χ0) is 14.6. The Morgan fingerprint density at radius 1 is 1.40 bits per heavy atom. The Morgan fingerprint density at radius 3 is 2.70 bits per heavy atom. The normalized spacial score (nSPS) is 17.1. The lowest BCUT2D eigenvalue weighted by Crippen LogP contribution is -2.38. The second-order valence-corrected chi connectivity index (χ2v) is 6.33. The van der Waals surface area contributed by atoms with E-state index >= 15 is 0 Å². The molecule has 0 unspecified atom stereocenters. The first-order valence-electron chi connectivity index (χ1n) is 6.44. The van der Waals surface area contributed by atoms with Crippen LogP contribution in [-0.4, -0.2) is 39.9 Å². The number of rotatable bonds is 5. The Hall–Kier alpha value is -1.15. The van der Waals surface area contributed by atoms with Crippen molar-refractivity contribution in [3.8, 4) is 5.75 Å². The van der Waals surface area contributed by atoms with E-state index in [-0.39, 0.29) is 23.3 Å². The molecule has 6 nitrogen and oxygen atoms in total. The molecule has 0 spiro atoms. The zero-order valence-electron chi connectivity index (χ0n) is 11.3. The van der Waals surface area contributed by atoms with Gasteiger partial charge in [0, 0.05) is 19.3 Å². The van der Waals surface area contributed by atoms with E-state index in [1.165, 1.54) is 19.2 Å². The summed E-state index contributed by atoms with van der Waals surface area (Å²) in [4.78, 5) is 0.0868. The number of methoxy groups -OCH3 is 1. The molecule has 2 rings (SSSR count). The van der Waals surface area contributed by atoms with Crippen molar-refractivity contribution in [2.45, 2.75) is 30.4 Å². The minimum atomic E-state index is -3.64. The molecule has 1 aromatic rings. The van der Waals surface area contributed by atoms with Gasteiger partial charge in [-0.25, -0.2) is 13.1 Å². The van der Waals surface area contributed by atoms with Crippen LogP contribution >= 0.6 is 0 Å². The number of ether oxygens (including phenoxy) is 2. The third-order valence-corrected chi connectivity index (χ3v) is 4.80. The molecule has 0 saturated carbocycles. The average Bonchev–Trinajstić information content (AvgIpc) is 2.47. The van der Waals surface area contributed by atoms with E-state index in [4.69, 9.17) is 14.6 Å². The molecule has 2 N–H and O–H groups in total. The fourth-order valence-corrected chi connectivity index (χ4v) is 3.59. The lowest BCUT2D eigenvalue weighted by molar-refractivity contribution is 0.0832. The summed E-state index contributed by atoms with van der Waals surface area (Å²) in [6, 6.07) is 4.43. The van der Waals surface area contributed by atoms with Gasteiger partial charge in [-0.2, -0.15) is 0 Å². The average molecular weight is 301 g/mol. The lowest BCUT2D eigenvalue weighted by atomic mass is 10.1. The van der Waals surface area contributed by atoms with E-state index in [1.54, 1.807) is 6.07 Å². The first kappa shape index (κ1) is 15.2. The van der Waals surface area contributed by atoms with Crippen molar-refractivity contribution < 1.29 is 23.0 Å². The molecule has 1 saturated heterocycles. The second kappa shape index (κ2) is 6.53. The summed E-state index contributed by atoms with van der Waals surface area (Å²) in [5.74, 6) is 0.233. The summed E-state index contributed by atoms with van der Waals surface area (Å²) in [5, 5.41) is 9.08. The highest BCUT2D eigenvalue weighted by atomic mass is 32.2. The predicted molar refractivity (Wildman–Crippen MR) is 73.1 cm³/mol. The predicted octanol–water partition coefficient (Wildman–Crippen LogP) is 0.645. The Kier molecular flexibility index (Phi) is 4.98. The van der Waals surface area contributed by atoms with Crippen molar-refractivity contribution in [3.05, 3.63) is 23.8 Å². The molecule has 112 valence electrons. The number of sulfonamides is 1. The Balaban J connectivity index is 2.24. The standard InChI is InChI=1S/C13H19NO5S/c1-18-12-8-10(9-15)2-3-13(12)20(16,17)14-11-4-6-19-7-5-11/h2-3,8,11,14-15H,4-7,9H2,1H3. The molecule has 1 fully saturated rings. The highest BCUT2D eigenvalue weighted by molar-refractivity contribution is 7.89. The third kappa shape index (κ3) is 3.49. The van der Waals surface area contributed by atoms with E-state index < -0.39 is 10.0 Å². The van der Waals surface area contributed by atoms with Crippen LogP contribution in [0.1, 0.15) is 18.4 Å². The summed E-state index contributed by atoms with van der Waals surface area (Å²) in [5.41, 5.74) is 0.604. The SMILES string of the molecule is COc1cc(CO)ccc1S(=O)(=O)NC1CCOCC1. The molecule has 1 aliphatic heterocycles. The van der Waals surface area contributed by atoms with Gasteiger partial charge in [0.2, 0.25) is 10.0 Å². The molecule has 0 aromatic heterocycles. The third-order valence-electron chi connectivity index (χ3n) is 3.24. The summed E-state index contributed by atoms with van der Waals surface area (Å²) >= 11 is 0. The molecule has 1 heterocycles. The Bertz CT molecular complexity index is 552. The summed E-state index contributed by atoms with van der Waals surface area (Å²) in [6.07, 6.45) is 1.33. The van der Waals surface area contributed by atoms with Gasteiger partial charge >= 0.3 is 0 Å². The van der Waals surface area contributed by atoms with Crippen LogP contribution in [0.25, 0.3) is 0 Å². The molecule has 0 bridgehead atoms. The van der Waals surface area contributed by atoms with Gasteiger partial charge in [-0.3, -0.25) is 0 Å². The number of hydrogen-bond acceptors (Lipinski definition) is 5. The van der Waals surface area contributed by atoms with E-state index in [9.17, 15) is 8.42 Å². The molecule has 0 atom stereocenters. The van der Waals surface area contributed by atoms with Crippen LogP contribution in [0.5, 0.6) is 5.75 Å². The number of aliphatic hydroxyl groups excluding tert-OH is 1. The summed E-state index contributed by atoms with van der Waals surface area (Å²) in [6.45, 7) is 0.964. The minimum Gasteiger partial charge on any atom is -0.495 e.